The Kier molecular flexibility index (Phi) is 4.84. The third kappa shape index (κ3) is 2.78. The van der Waals surface area contributed by atoms with E-state index in [1.165, 1.54) is 25.0 Å². The summed E-state index contributed by atoms with van der Waals surface area (Å²) < 4.78 is 2.14. The Balaban J connectivity index is 0.00000128. The summed E-state index contributed by atoms with van der Waals surface area (Å²) in [5, 5.41) is 12.6. The van der Waals surface area contributed by atoms with Gasteiger partial charge in [0.1, 0.15) is 0 Å². The molecule has 3 nitrogen and oxygen atoms in total. The van der Waals surface area contributed by atoms with Gasteiger partial charge in [0, 0.05) is 37.6 Å². The second-order valence-corrected chi connectivity index (χ2v) is 4.57. The Morgan fingerprint density at radius 1 is 1.50 bits per heavy atom. The molecule has 1 aromatic rings. The number of aliphatic hydroxyl groups excluding tert-OH is 1. The average molecular weight is 245 g/mol. The van der Waals surface area contributed by atoms with Gasteiger partial charge in [-0.05, 0) is 37.8 Å². The normalized spacial score (nSPS) is 17.6. The van der Waals surface area contributed by atoms with Crippen molar-refractivity contribution in [3.8, 4) is 0 Å². The van der Waals surface area contributed by atoms with Gasteiger partial charge in [0.2, 0.25) is 0 Å². The lowest BCUT2D eigenvalue weighted by molar-refractivity contribution is 0.129. The standard InChI is InChI=1S/C12H20N2O.ClH/c1-14-8-2-4-11(14)10-13-12(7-9-15)5-3-6-12;/h2,4,8,13,15H,3,5-7,9-10H2,1H3;1H. The van der Waals surface area contributed by atoms with E-state index in [4.69, 9.17) is 5.11 Å². The fourth-order valence-corrected chi connectivity index (χ4v) is 2.29. The van der Waals surface area contributed by atoms with Crippen LogP contribution in [0, 0.1) is 0 Å². The van der Waals surface area contributed by atoms with E-state index in [0.717, 1.165) is 13.0 Å². The van der Waals surface area contributed by atoms with Crippen molar-refractivity contribution in [1.29, 1.82) is 0 Å². The number of halogens is 1. The van der Waals surface area contributed by atoms with Crippen LogP contribution in [0.2, 0.25) is 0 Å². The third-order valence-corrected chi connectivity index (χ3v) is 3.60. The molecule has 2 N–H and O–H groups in total. The monoisotopic (exact) mass is 244 g/mol. The lowest BCUT2D eigenvalue weighted by Gasteiger charge is -2.42. The van der Waals surface area contributed by atoms with Crippen LogP contribution in [0.25, 0.3) is 0 Å². The fraction of sp³-hybridized carbons (Fsp3) is 0.667. The molecule has 4 heteroatoms. The zero-order chi connectivity index (χ0) is 10.7. The number of hydrogen-bond acceptors (Lipinski definition) is 2. The lowest BCUT2D eigenvalue weighted by Crippen LogP contribution is -2.51. The van der Waals surface area contributed by atoms with Crippen LogP contribution < -0.4 is 5.32 Å². The van der Waals surface area contributed by atoms with Crippen LogP contribution >= 0.6 is 12.4 Å². The second kappa shape index (κ2) is 5.71. The summed E-state index contributed by atoms with van der Waals surface area (Å²) in [6.07, 6.45) is 6.66. The van der Waals surface area contributed by atoms with Gasteiger partial charge in [-0.1, -0.05) is 0 Å². The molecule has 0 saturated heterocycles. The van der Waals surface area contributed by atoms with Crippen molar-refractivity contribution >= 4 is 12.4 Å². The molecule has 0 aromatic carbocycles. The van der Waals surface area contributed by atoms with Crippen molar-refractivity contribution in [2.24, 2.45) is 7.05 Å². The smallest absolute Gasteiger partial charge is 0.0448 e. The highest BCUT2D eigenvalue weighted by Gasteiger charge is 2.35. The number of nitrogens with zero attached hydrogens (tertiary/aromatic N) is 1. The number of aryl methyl sites for hydroxylation is 1. The van der Waals surface area contributed by atoms with Crippen LogP contribution in [-0.4, -0.2) is 21.8 Å². The summed E-state index contributed by atoms with van der Waals surface area (Å²) in [6.45, 7) is 1.20. The molecule has 1 fully saturated rings. The zero-order valence-electron chi connectivity index (χ0n) is 9.78. The van der Waals surface area contributed by atoms with E-state index >= 15 is 0 Å². The van der Waals surface area contributed by atoms with Crippen LogP contribution in [0.5, 0.6) is 0 Å². The van der Waals surface area contributed by atoms with Crippen molar-refractivity contribution in [3.63, 3.8) is 0 Å². The van der Waals surface area contributed by atoms with Gasteiger partial charge in [0.15, 0.2) is 0 Å². The molecule has 1 saturated carbocycles. The van der Waals surface area contributed by atoms with E-state index in [1.807, 2.05) is 0 Å². The summed E-state index contributed by atoms with van der Waals surface area (Å²) in [5.74, 6) is 0. The van der Waals surface area contributed by atoms with Crippen molar-refractivity contribution in [3.05, 3.63) is 24.0 Å². The first-order valence-corrected chi connectivity index (χ1v) is 5.72. The van der Waals surface area contributed by atoms with Crippen LogP contribution in [0.1, 0.15) is 31.4 Å². The van der Waals surface area contributed by atoms with Gasteiger partial charge in [-0.3, -0.25) is 0 Å². The SMILES string of the molecule is Cl.Cn1cccc1CNC1(CCO)CCC1. The summed E-state index contributed by atoms with van der Waals surface area (Å²) in [7, 11) is 2.07. The van der Waals surface area contributed by atoms with Crippen molar-refractivity contribution < 1.29 is 5.11 Å². The average Bonchev–Trinajstić information content (AvgIpc) is 2.56. The summed E-state index contributed by atoms with van der Waals surface area (Å²) in [6, 6.07) is 4.20. The topological polar surface area (TPSA) is 37.2 Å². The molecule has 0 aliphatic heterocycles. The molecular weight excluding hydrogens is 224 g/mol. The number of aliphatic hydroxyl groups is 1. The Labute approximate surface area is 103 Å². The maximum atomic E-state index is 9.03. The molecular formula is C12H21ClN2O. The Bertz CT molecular complexity index is 321. The summed E-state index contributed by atoms with van der Waals surface area (Å²) in [4.78, 5) is 0. The quantitative estimate of drug-likeness (QED) is 0.830. The highest BCUT2D eigenvalue weighted by atomic mass is 35.5. The summed E-state index contributed by atoms with van der Waals surface area (Å²) in [5.41, 5.74) is 1.53. The largest absolute Gasteiger partial charge is 0.396 e. The highest BCUT2D eigenvalue weighted by molar-refractivity contribution is 5.85. The van der Waals surface area contributed by atoms with Gasteiger partial charge in [-0.25, -0.2) is 0 Å². The van der Waals surface area contributed by atoms with Gasteiger partial charge in [-0.15, -0.1) is 12.4 Å². The van der Waals surface area contributed by atoms with Crippen LogP contribution in [0.4, 0.5) is 0 Å². The Morgan fingerprint density at radius 2 is 2.25 bits per heavy atom. The first-order valence-electron chi connectivity index (χ1n) is 5.72. The molecule has 1 heterocycles. The van der Waals surface area contributed by atoms with Gasteiger partial charge in [-0.2, -0.15) is 0 Å². The molecule has 0 spiro atoms. The molecule has 0 unspecified atom stereocenters. The van der Waals surface area contributed by atoms with Crippen LogP contribution in [0.15, 0.2) is 18.3 Å². The van der Waals surface area contributed by atoms with Crippen molar-refractivity contribution in [2.45, 2.75) is 37.8 Å². The molecule has 0 atom stereocenters. The molecule has 92 valence electrons. The molecule has 1 aliphatic carbocycles. The van der Waals surface area contributed by atoms with E-state index < -0.39 is 0 Å². The maximum absolute atomic E-state index is 9.03. The predicted molar refractivity (Wildman–Crippen MR) is 67.8 cm³/mol. The van der Waals surface area contributed by atoms with E-state index in [2.05, 4.69) is 35.3 Å². The fourth-order valence-electron chi connectivity index (χ4n) is 2.29. The Hall–Kier alpha value is -0.510. The van der Waals surface area contributed by atoms with Gasteiger partial charge in [0.25, 0.3) is 0 Å². The number of rotatable bonds is 5. The Morgan fingerprint density at radius 3 is 2.69 bits per heavy atom. The van der Waals surface area contributed by atoms with E-state index in [9.17, 15) is 0 Å². The minimum absolute atomic E-state index is 0. The molecule has 0 bridgehead atoms. The van der Waals surface area contributed by atoms with E-state index in [-0.39, 0.29) is 17.9 Å². The molecule has 16 heavy (non-hydrogen) atoms. The zero-order valence-corrected chi connectivity index (χ0v) is 10.6. The number of nitrogens with one attached hydrogen (secondary N) is 1. The van der Waals surface area contributed by atoms with Crippen LogP contribution in [-0.2, 0) is 13.6 Å². The number of hydrogen-bond donors (Lipinski definition) is 2. The van der Waals surface area contributed by atoms with Crippen molar-refractivity contribution in [2.75, 3.05) is 6.61 Å². The predicted octanol–water partition coefficient (Wildman–Crippen LogP) is 1.84. The van der Waals surface area contributed by atoms with Crippen LogP contribution in [0.3, 0.4) is 0 Å². The maximum Gasteiger partial charge on any atom is 0.0448 e. The molecule has 1 aromatic heterocycles. The second-order valence-electron chi connectivity index (χ2n) is 4.57. The summed E-state index contributed by atoms with van der Waals surface area (Å²) >= 11 is 0. The van der Waals surface area contributed by atoms with Gasteiger partial charge >= 0.3 is 0 Å². The first kappa shape index (κ1) is 13.6. The van der Waals surface area contributed by atoms with Crippen molar-refractivity contribution in [1.82, 2.24) is 9.88 Å². The van der Waals surface area contributed by atoms with Gasteiger partial charge in [0.05, 0.1) is 0 Å². The van der Waals surface area contributed by atoms with E-state index in [1.54, 1.807) is 0 Å². The molecule has 0 radical (unpaired) electrons. The third-order valence-electron chi connectivity index (χ3n) is 3.60. The highest BCUT2D eigenvalue weighted by Crippen LogP contribution is 2.34. The molecule has 1 aliphatic rings. The molecule has 0 amide bonds. The number of aromatic nitrogens is 1. The minimum atomic E-state index is 0. The molecule has 2 rings (SSSR count). The minimum Gasteiger partial charge on any atom is -0.396 e. The van der Waals surface area contributed by atoms with Gasteiger partial charge < -0.3 is 15.0 Å². The first-order chi connectivity index (χ1) is 7.26. The van der Waals surface area contributed by atoms with E-state index in [0.29, 0.717) is 6.61 Å². The lowest BCUT2D eigenvalue weighted by atomic mass is 9.74.